The topological polar surface area (TPSA) is 102 Å². The highest BCUT2D eigenvalue weighted by Gasteiger charge is 2.28. The van der Waals surface area contributed by atoms with Crippen LogP contribution < -0.4 is 5.32 Å². The van der Waals surface area contributed by atoms with Crippen LogP contribution in [0.4, 0.5) is 10.5 Å². The van der Waals surface area contributed by atoms with Gasteiger partial charge in [0.15, 0.2) is 5.75 Å². The predicted molar refractivity (Wildman–Crippen MR) is 121 cm³/mol. The Bertz CT molecular complexity index is 1140. The summed E-state index contributed by atoms with van der Waals surface area (Å²) in [7, 11) is 0. The molecule has 0 radical (unpaired) electrons. The number of aromatic hydroxyl groups is 1. The number of nitrogens with one attached hydrogen (secondary N) is 1. The van der Waals surface area contributed by atoms with Gasteiger partial charge in [-0.2, -0.15) is 0 Å². The van der Waals surface area contributed by atoms with E-state index < -0.39 is 11.0 Å². The maximum Gasteiger partial charge on any atom is 0.407 e. The molecule has 1 amide bonds. The molecule has 0 atom stereocenters. The molecule has 1 aliphatic rings. The number of carbonyl (C=O) groups excluding carboxylic acids is 1. The molecule has 162 valence electrons. The second-order valence-electron chi connectivity index (χ2n) is 7.45. The third-order valence-corrected chi connectivity index (χ3v) is 5.43. The Morgan fingerprint density at radius 1 is 1.06 bits per heavy atom. The number of phenols is 1. The van der Waals surface area contributed by atoms with E-state index in [1.807, 2.05) is 24.3 Å². The minimum absolute atomic E-state index is 0.0123. The van der Waals surface area contributed by atoms with Crippen molar-refractivity contribution in [2.75, 3.05) is 13.2 Å². The fourth-order valence-corrected chi connectivity index (χ4v) is 3.92. The van der Waals surface area contributed by atoms with E-state index in [0.29, 0.717) is 18.5 Å². The lowest BCUT2D eigenvalue weighted by Gasteiger charge is -2.14. The molecule has 0 fully saturated rings. The van der Waals surface area contributed by atoms with Crippen molar-refractivity contribution in [3.05, 3.63) is 99.6 Å². The van der Waals surface area contributed by atoms with Crippen molar-refractivity contribution in [1.82, 2.24) is 5.32 Å². The minimum Gasteiger partial charge on any atom is -0.502 e. The number of ether oxygens (including phenoxy) is 1. The van der Waals surface area contributed by atoms with Gasteiger partial charge in [-0.3, -0.25) is 10.1 Å². The molecule has 0 bridgehead atoms. The number of hydrogen-bond donors (Lipinski definition) is 2. The van der Waals surface area contributed by atoms with Gasteiger partial charge in [-0.15, -0.1) is 0 Å². The first-order valence-electron chi connectivity index (χ1n) is 10.3. The highest BCUT2D eigenvalue weighted by molar-refractivity contribution is 5.79. The molecule has 0 saturated carbocycles. The van der Waals surface area contributed by atoms with Crippen LogP contribution >= 0.6 is 0 Å². The molecule has 0 spiro atoms. The molecule has 0 unspecified atom stereocenters. The van der Waals surface area contributed by atoms with Crippen LogP contribution in [-0.4, -0.2) is 29.3 Å². The molecule has 0 heterocycles. The number of nitro groups is 1. The van der Waals surface area contributed by atoms with Gasteiger partial charge >= 0.3 is 11.8 Å². The number of alkyl carbamates (subject to hydrolysis) is 1. The van der Waals surface area contributed by atoms with Crippen LogP contribution in [0.3, 0.4) is 0 Å². The molecule has 4 rings (SSSR count). The van der Waals surface area contributed by atoms with Gasteiger partial charge in [-0.1, -0.05) is 66.7 Å². The van der Waals surface area contributed by atoms with Crippen LogP contribution in [0, 0.1) is 10.1 Å². The molecule has 7 heteroatoms. The van der Waals surface area contributed by atoms with Gasteiger partial charge in [-0.05, 0) is 40.3 Å². The zero-order chi connectivity index (χ0) is 22.5. The van der Waals surface area contributed by atoms with Crippen LogP contribution in [0.15, 0.2) is 72.8 Å². The summed E-state index contributed by atoms with van der Waals surface area (Å²) in [5, 5.41) is 23.1. The van der Waals surface area contributed by atoms with E-state index in [4.69, 9.17) is 4.74 Å². The van der Waals surface area contributed by atoms with Crippen molar-refractivity contribution in [3.8, 4) is 16.9 Å². The Labute approximate surface area is 185 Å². The summed E-state index contributed by atoms with van der Waals surface area (Å²) in [6, 6.07) is 20.5. The average Bonchev–Trinajstić information content (AvgIpc) is 3.12. The van der Waals surface area contributed by atoms with Gasteiger partial charge in [0.2, 0.25) is 0 Å². The number of rotatable bonds is 7. The van der Waals surface area contributed by atoms with E-state index in [0.717, 1.165) is 11.1 Å². The van der Waals surface area contributed by atoms with Gasteiger partial charge in [0.25, 0.3) is 0 Å². The quantitative estimate of drug-likeness (QED) is 0.303. The fourth-order valence-electron chi connectivity index (χ4n) is 3.92. The zero-order valence-corrected chi connectivity index (χ0v) is 17.2. The molecule has 32 heavy (non-hydrogen) atoms. The van der Waals surface area contributed by atoms with E-state index in [1.165, 1.54) is 23.3 Å². The summed E-state index contributed by atoms with van der Waals surface area (Å²) in [5.74, 6) is -0.359. The van der Waals surface area contributed by atoms with Crippen LogP contribution in [0.1, 0.15) is 29.0 Å². The van der Waals surface area contributed by atoms with Crippen LogP contribution in [0.2, 0.25) is 0 Å². The molecule has 0 aromatic heterocycles. The Balaban J connectivity index is 1.27. The second-order valence-corrected chi connectivity index (χ2v) is 7.45. The van der Waals surface area contributed by atoms with Crippen molar-refractivity contribution in [1.29, 1.82) is 0 Å². The molecule has 0 saturated heterocycles. The number of carbonyl (C=O) groups is 1. The van der Waals surface area contributed by atoms with Crippen LogP contribution in [0.25, 0.3) is 17.2 Å². The molecule has 3 aromatic carbocycles. The molecule has 2 N–H and O–H groups in total. The first-order valence-corrected chi connectivity index (χ1v) is 10.3. The number of fused-ring (bicyclic) bond motifs is 3. The summed E-state index contributed by atoms with van der Waals surface area (Å²) < 4.78 is 5.48. The number of hydrogen-bond acceptors (Lipinski definition) is 5. The summed E-state index contributed by atoms with van der Waals surface area (Å²) in [5.41, 5.74) is 4.92. The Morgan fingerprint density at radius 3 is 2.38 bits per heavy atom. The van der Waals surface area contributed by atoms with E-state index >= 15 is 0 Å². The van der Waals surface area contributed by atoms with Crippen molar-refractivity contribution in [2.24, 2.45) is 0 Å². The minimum atomic E-state index is -0.634. The lowest BCUT2D eigenvalue weighted by molar-refractivity contribution is -0.385. The van der Waals surface area contributed by atoms with Crippen molar-refractivity contribution in [2.45, 2.75) is 12.3 Å². The summed E-state index contributed by atoms with van der Waals surface area (Å²) in [6.45, 7) is 0.625. The number of amides is 1. The molecule has 0 aliphatic heterocycles. The van der Waals surface area contributed by atoms with E-state index in [9.17, 15) is 20.0 Å². The molecular weight excluding hydrogens is 408 g/mol. The highest BCUT2D eigenvalue weighted by Crippen LogP contribution is 2.44. The average molecular weight is 430 g/mol. The molecule has 1 aliphatic carbocycles. The van der Waals surface area contributed by atoms with Gasteiger partial charge in [0, 0.05) is 18.5 Å². The smallest absolute Gasteiger partial charge is 0.407 e. The van der Waals surface area contributed by atoms with Crippen LogP contribution in [0.5, 0.6) is 5.75 Å². The third-order valence-electron chi connectivity index (χ3n) is 5.43. The number of nitrogens with zero attached hydrogens (tertiary/aromatic N) is 1. The van der Waals surface area contributed by atoms with E-state index in [-0.39, 0.29) is 24.0 Å². The fraction of sp³-hybridized carbons (Fsp3) is 0.160. The Kier molecular flexibility index (Phi) is 6.17. The zero-order valence-electron chi connectivity index (χ0n) is 17.2. The molecule has 3 aromatic rings. The third kappa shape index (κ3) is 4.46. The van der Waals surface area contributed by atoms with Gasteiger partial charge in [0.05, 0.1) is 4.92 Å². The lowest BCUT2D eigenvalue weighted by atomic mass is 9.98. The number of nitro benzene ring substituents is 1. The molecular formula is C25H22N2O5. The standard InChI is InChI=1S/C25H22N2O5/c28-24-13-12-17(15-23(24)27(30)31)7-5-6-14-26-25(29)32-16-22-20-10-3-1-8-18(20)19-9-2-4-11-21(19)22/h1-5,7-13,15,22,28H,6,14,16H2,(H,26,29). The predicted octanol–water partition coefficient (Wildman–Crippen LogP) is 5.24. The van der Waals surface area contributed by atoms with E-state index in [2.05, 4.69) is 29.6 Å². The van der Waals surface area contributed by atoms with Crippen LogP contribution in [-0.2, 0) is 4.74 Å². The maximum atomic E-state index is 12.2. The molecule has 7 nitrogen and oxygen atoms in total. The van der Waals surface area contributed by atoms with Gasteiger partial charge in [0.1, 0.15) is 6.61 Å². The SMILES string of the molecule is O=C(NCCC=Cc1ccc(O)c([N+](=O)[O-])c1)OCC1c2ccccc2-c2ccccc21. The summed E-state index contributed by atoms with van der Waals surface area (Å²) in [6.07, 6.45) is 3.53. The maximum absolute atomic E-state index is 12.2. The lowest BCUT2D eigenvalue weighted by Crippen LogP contribution is -2.26. The highest BCUT2D eigenvalue weighted by atomic mass is 16.6. The van der Waals surface area contributed by atoms with E-state index in [1.54, 1.807) is 18.2 Å². The largest absolute Gasteiger partial charge is 0.502 e. The monoisotopic (exact) mass is 430 g/mol. The summed E-state index contributed by atoms with van der Waals surface area (Å²) in [4.78, 5) is 22.4. The van der Waals surface area contributed by atoms with Gasteiger partial charge in [-0.25, -0.2) is 4.79 Å². The van der Waals surface area contributed by atoms with Crippen molar-refractivity contribution in [3.63, 3.8) is 0 Å². The number of phenolic OH excluding ortho intramolecular Hbond substituents is 1. The first-order chi connectivity index (χ1) is 15.5. The van der Waals surface area contributed by atoms with Gasteiger partial charge < -0.3 is 15.2 Å². The Morgan fingerprint density at radius 2 is 1.72 bits per heavy atom. The first kappa shape index (κ1) is 21.1. The summed E-state index contributed by atoms with van der Waals surface area (Å²) >= 11 is 0. The van der Waals surface area contributed by atoms with Crippen molar-refractivity contribution >= 4 is 17.9 Å². The second kappa shape index (κ2) is 9.34. The Hall–Kier alpha value is -4.13. The normalized spacial score (nSPS) is 12.4. The van der Waals surface area contributed by atoms with Crippen molar-refractivity contribution < 1.29 is 19.6 Å². The number of benzene rings is 3.